The van der Waals surface area contributed by atoms with Crippen molar-refractivity contribution in [2.45, 2.75) is 20.4 Å². The Morgan fingerprint density at radius 2 is 1.19 bits per heavy atom. The van der Waals surface area contributed by atoms with Crippen LogP contribution in [0.3, 0.4) is 0 Å². The van der Waals surface area contributed by atoms with E-state index >= 15 is 0 Å². The SMILES string of the molecule is C=C.C=C.Cc1ccc(-c2cc(-c3ccc(C)cc3)n(-c3ccc(CN)cc3)n2)cc1. The molecule has 0 aliphatic carbocycles. The van der Waals surface area contributed by atoms with E-state index in [4.69, 9.17) is 10.8 Å². The molecule has 0 spiro atoms. The molecule has 3 heteroatoms. The van der Waals surface area contributed by atoms with Crippen LogP contribution in [0.1, 0.15) is 16.7 Å². The van der Waals surface area contributed by atoms with Gasteiger partial charge in [-0.1, -0.05) is 71.8 Å². The van der Waals surface area contributed by atoms with Crippen LogP contribution in [0, 0.1) is 13.8 Å². The first-order valence-corrected chi connectivity index (χ1v) is 10.2. The zero-order chi connectivity index (χ0) is 22.8. The van der Waals surface area contributed by atoms with Crippen molar-refractivity contribution in [1.29, 1.82) is 0 Å². The first-order valence-electron chi connectivity index (χ1n) is 10.2. The Morgan fingerprint density at radius 1 is 0.710 bits per heavy atom. The monoisotopic (exact) mass is 409 g/mol. The van der Waals surface area contributed by atoms with E-state index in [0.29, 0.717) is 6.54 Å². The molecule has 0 saturated heterocycles. The van der Waals surface area contributed by atoms with Crippen LogP contribution in [0.4, 0.5) is 0 Å². The second-order valence-corrected chi connectivity index (χ2v) is 6.93. The van der Waals surface area contributed by atoms with E-state index in [0.717, 1.165) is 33.8 Å². The van der Waals surface area contributed by atoms with Crippen molar-refractivity contribution in [2.75, 3.05) is 0 Å². The average molecular weight is 410 g/mol. The molecule has 0 unspecified atom stereocenters. The van der Waals surface area contributed by atoms with E-state index in [1.807, 2.05) is 4.68 Å². The van der Waals surface area contributed by atoms with E-state index in [1.54, 1.807) is 0 Å². The fourth-order valence-corrected chi connectivity index (χ4v) is 3.15. The van der Waals surface area contributed by atoms with Gasteiger partial charge in [-0.25, -0.2) is 4.68 Å². The summed E-state index contributed by atoms with van der Waals surface area (Å²) in [4.78, 5) is 0. The molecule has 0 bridgehead atoms. The molecule has 4 rings (SSSR count). The van der Waals surface area contributed by atoms with Crippen LogP contribution < -0.4 is 5.73 Å². The smallest absolute Gasteiger partial charge is 0.0934 e. The number of aromatic nitrogens is 2. The molecule has 4 aromatic rings. The maximum atomic E-state index is 5.74. The summed E-state index contributed by atoms with van der Waals surface area (Å²) in [5.74, 6) is 0. The maximum absolute atomic E-state index is 5.74. The summed E-state index contributed by atoms with van der Waals surface area (Å²) in [6.45, 7) is 16.7. The molecule has 31 heavy (non-hydrogen) atoms. The molecule has 3 nitrogen and oxygen atoms in total. The van der Waals surface area contributed by atoms with Crippen molar-refractivity contribution in [2.24, 2.45) is 5.73 Å². The van der Waals surface area contributed by atoms with E-state index in [9.17, 15) is 0 Å². The number of benzene rings is 3. The number of nitrogens with zero attached hydrogens (tertiary/aromatic N) is 2. The summed E-state index contributed by atoms with van der Waals surface area (Å²) in [5, 5.41) is 4.92. The van der Waals surface area contributed by atoms with Crippen molar-refractivity contribution in [3.8, 4) is 28.2 Å². The predicted molar refractivity (Wildman–Crippen MR) is 134 cm³/mol. The zero-order valence-corrected chi connectivity index (χ0v) is 18.5. The number of aryl methyl sites for hydroxylation is 2. The van der Waals surface area contributed by atoms with Crippen LogP contribution in [-0.4, -0.2) is 9.78 Å². The molecule has 0 aliphatic rings. The third-order valence-corrected chi connectivity index (χ3v) is 4.82. The Balaban J connectivity index is 0.000000807. The average Bonchev–Trinajstić information content (AvgIpc) is 3.28. The molecule has 1 aromatic heterocycles. The Hall–Kier alpha value is -3.69. The highest BCUT2D eigenvalue weighted by molar-refractivity contribution is 5.70. The number of hydrogen-bond donors (Lipinski definition) is 1. The molecule has 0 radical (unpaired) electrons. The lowest BCUT2D eigenvalue weighted by Crippen LogP contribution is -2.01. The minimum Gasteiger partial charge on any atom is -0.326 e. The van der Waals surface area contributed by atoms with Gasteiger partial charge in [0.1, 0.15) is 0 Å². The van der Waals surface area contributed by atoms with Gasteiger partial charge >= 0.3 is 0 Å². The van der Waals surface area contributed by atoms with Crippen molar-refractivity contribution < 1.29 is 0 Å². The Labute approximate surface area is 186 Å². The molecule has 2 N–H and O–H groups in total. The van der Waals surface area contributed by atoms with Gasteiger partial charge in [0.2, 0.25) is 0 Å². The number of nitrogens with two attached hydrogens (primary N) is 1. The Kier molecular flexibility index (Phi) is 8.74. The van der Waals surface area contributed by atoms with E-state index in [1.165, 1.54) is 11.1 Å². The van der Waals surface area contributed by atoms with Crippen LogP contribution in [0.2, 0.25) is 0 Å². The zero-order valence-electron chi connectivity index (χ0n) is 18.5. The molecule has 0 saturated carbocycles. The molecule has 158 valence electrons. The molecule has 3 aromatic carbocycles. The standard InChI is InChI=1S/C24H23N3.2C2H4/c1-17-3-9-20(10-4-17)23-15-24(21-11-5-18(2)6-12-21)27(26-23)22-13-7-19(16-25)8-14-22;2*1-2/h3-15H,16,25H2,1-2H3;2*1-2H2. The van der Waals surface area contributed by atoms with E-state index in [2.05, 4.69) is 119 Å². The van der Waals surface area contributed by atoms with Gasteiger partial charge in [0.05, 0.1) is 17.1 Å². The maximum Gasteiger partial charge on any atom is 0.0934 e. The fraction of sp³-hybridized carbons (Fsp3) is 0.107. The van der Waals surface area contributed by atoms with Crippen LogP contribution in [0.25, 0.3) is 28.2 Å². The van der Waals surface area contributed by atoms with Crippen LogP contribution >= 0.6 is 0 Å². The lowest BCUT2D eigenvalue weighted by Gasteiger charge is -2.08. The largest absolute Gasteiger partial charge is 0.326 e. The van der Waals surface area contributed by atoms with Gasteiger partial charge in [0.25, 0.3) is 0 Å². The molecule has 1 heterocycles. The second-order valence-electron chi connectivity index (χ2n) is 6.93. The number of hydrogen-bond acceptors (Lipinski definition) is 2. The molecule has 0 fully saturated rings. The lowest BCUT2D eigenvalue weighted by molar-refractivity contribution is 0.889. The van der Waals surface area contributed by atoms with Gasteiger partial charge in [-0.15, -0.1) is 26.3 Å². The number of rotatable bonds is 4. The lowest BCUT2D eigenvalue weighted by atomic mass is 10.1. The second kappa shape index (κ2) is 11.5. The molecular formula is C28H31N3. The summed E-state index contributed by atoms with van der Waals surface area (Å²) in [7, 11) is 0. The van der Waals surface area contributed by atoms with Gasteiger partial charge in [0, 0.05) is 17.7 Å². The summed E-state index contributed by atoms with van der Waals surface area (Å²) in [5.41, 5.74) is 14.7. The third-order valence-electron chi connectivity index (χ3n) is 4.82. The summed E-state index contributed by atoms with van der Waals surface area (Å²) < 4.78 is 2.01. The molecule has 0 aliphatic heterocycles. The quantitative estimate of drug-likeness (QED) is 0.373. The van der Waals surface area contributed by atoms with E-state index in [-0.39, 0.29) is 0 Å². The van der Waals surface area contributed by atoms with Crippen molar-refractivity contribution in [1.82, 2.24) is 9.78 Å². The normalized spacial score (nSPS) is 9.77. The first kappa shape index (κ1) is 23.6. The van der Waals surface area contributed by atoms with Gasteiger partial charge in [-0.05, 0) is 37.6 Å². The van der Waals surface area contributed by atoms with Crippen molar-refractivity contribution in [3.05, 3.63) is 122 Å². The van der Waals surface area contributed by atoms with Crippen LogP contribution in [-0.2, 0) is 6.54 Å². The van der Waals surface area contributed by atoms with Crippen LogP contribution in [0.15, 0.2) is 105 Å². The molecule has 0 atom stereocenters. The van der Waals surface area contributed by atoms with Gasteiger partial charge < -0.3 is 5.73 Å². The highest BCUT2D eigenvalue weighted by Gasteiger charge is 2.13. The first-order chi connectivity index (χ1) is 15.1. The Morgan fingerprint density at radius 3 is 1.68 bits per heavy atom. The Bertz CT molecular complexity index is 1070. The fourth-order valence-electron chi connectivity index (χ4n) is 3.15. The van der Waals surface area contributed by atoms with Gasteiger partial charge in [0.15, 0.2) is 0 Å². The summed E-state index contributed by atoms with van der Waals surface area (Å²) in [6, 6.07) is 27.5. The summed E-state index contributed by atoms with van der Waals surface area (Å²) >= 11 is 0. The van der Waals surface area contributed by atoms with Crippen LogP contribution in [0.5, 0.6) is 0 Å². The van der Waals surface area contributed by atoms with Crippen molar-refractivity contribution in [3.63, 3.8) is 0 Å². The van der Waals surface area contributed by atoms with Gasteiger partial charge in [-0.2, -0.15) is 5.10 Å². The minimum absolute atomic E-state index is 0.540. The molecular weight excluding hydrogens is 378 g/mol. The van der Waals surface area contributed by atoms with Gasteiger partial charge in [-0.3, -0.25) is 0 Å². The van der Waals surface area contributed by atoms with Crippen molar-refractivity contribution >= 4 is 0 Å². The third kappa shape index (κ3) is 5.68. The molecule has 0 amide bonds. The minimum atomic E-state index is 0.540. The topological polar surface area (TPSA) is 43.8 Å². The van der Waals surface area contributed by atoms with E-state index < -0.39 is 0 Å². The highest BCUT2D eigenvalue weighted by atomic mass is 15.3. The summed E-state index contributed by atoms with van der Waals surface area (Å²) in [6.07, 6.45) is 0. The highest BCUT2D eigenvalue weighted by Crippen LogP contribution is 2.29. The predicted octanol–water partition coefficient (Wildman–Crippen LogP) is 6.89.